The molecule has 2 aromatic rings. The van der Waals surface area contributed by atoms with Gasteiger partial charge in [-0.2, -0.15) is 0 Å². The molecule has 0 spiro atoms. The third-order valence-electron chi connectivity index (χ3n) is 4.02. The summed E-state index contributed by atoms with van der Waals surface area (Å²) in [6.45, 7) is 1.79. The van der Waals surface area contributed by atoms with Gasteiger partial charge in [0.15, 0.2) is 6.10 Å². The fourth-order valence-corrected chi connectivity index (χ4v) is 2.64. The molecule has 0 aromatic heterocycles. The minimum absolute atomic E-state index is 0.307. The van der Waals surface area contributed by atoms with Crippen molar-refractivity contribution in [3.63, 3.8) is 0 Å². The van der Waals surface area contributed by atoms with Crippen LogP contribution in [0.5, 0.6) is 0 Å². The lowest BCUT2D eigenvalue weighted by Gasteiger charge is -2.15. The van der Waals surface area contributed by atoms with Gasteiger partial charge in [-0.3, -0.25) is 4.79 Å². The van der Waals surface area contributed by atoms with Crippen LogP contribution in [0.1, 0.15) is 34.1 Å². The molecule has 1 fully saturated rings. The smallest absolute Gasteiger partial charge is 0.340 e. The number of carbonyl (C=O) groups excluding carboxylic acids is 3. The molecule has 3 rings (SSSR count). The van der Waals surface area contributed by atoms with Gasteiger partial charge in [-0.25, -0.2) is 9.59 Å². The molecular weight excluding hydrogens is 336 g/mol. The molecule has 1 saturated heterocycles. The third kappa shape index (κ3) is 3.81. The van der Waals surface area contributed by atoms with Gasteiger partial charge in [0.05, 0.1) is 11.1 Å². The molecule has 3 atom stereocenters. The number of carbonyl (C=O) groups is 3. The fraction of sp³-hybridized carbons (Fsp3) is 0.250. The van der Waals surface area contributed by atoms with Crippen molar-refractivity contribution < 1.29 is 28.6 Å². The topological polar surface area (TPSA) is 78.9 Å². The Kier molecular flexibility index (Phi) is 5.43. The van der Waals surface area contributed by atoms with Crippen LogP contribution >= 0.6 is 0 Å². The molecule has 1 heterocycles. The second-order valence-electron chi connectivity index (χ2n) is 5.78. The van der Waals surface area contributed by atoms with E-state index in [4.69, 9.17) is 14.2 Å². The van der Waals surface area contributed by atoms with E-state index >= 15 is 0 Å². The summed E-state index contributed by atoms with van der Waals surface area (Å²) in [7, 11) is 0. The normalized spacial score (nSPS) is 22.0. The Bertz CT molecular complexity index is 786. The molecule has 0 unspecified atom stereocenters. The van der Waals surface area contributed by atoms with Gasteiger partial charge in [0, 0.05) is 0 Å². The number of ketones is 1. The molecule has 0 saturated carbocycles. The van der Waals surface area contributed by atoms with Crippen LogP contribution in [0, 0.1) is 0 Å². The Hall–Kier alpha value is -2.99. The van der Waals surface area contributed by atoms with Gasteiger partial charge in [0.2, 0.25) is 5.78 Å². The summed E-state index contributed by atoms with van der Waals surface area (Å²) < 4.78 is 16.0. The predicted molar refractivity (Wildman–Crippen MR) is 91.5 cm³/mol. The molecule has 0 N–H and O–H groups in total. The fourth-order valence-electron chi connectivity index (χ4n) is 2.64. The van der Waals surface area contributed by atoms with Crippen LogP contribution in [0.4, 0.5) is 0 Å². The number of esters is 2. The summed E-state index contributed by atoms with van der Waals surface area (Å²) >= 11 is 0. The van der Waals surface area contributed by atoms with Crippen molar-refractivity contribution in [2.75, 3.05) is 0 Å². The maximum atomic E-state index is 12.5. The molecule has 0 amide bonds. The van der Waals surface area contributed by atoms with Gasteiger partial charge in [-0.05, 0) is 30.7 Å². The van der Waals surface area contributed by atoms with Crippen molar-refractivity contribution in [2.24, 2.45) is 0 Å². The highest BCUT2D eigenvalue weighted by molar-refractivity contribution is 5.97. The number of benzene rings is 2. The lowest BCUT2D eigenvalue weighted by atomic mass is 10.1. The summed E-state index contributed by atoms with van der Waals surface area (Å²) in [4.78, 5) is 36.9. The number of hydrogen-bond donors (Lipinski definition) is 0. The Balaban J connectivity index is 1.69. The second kappa shape index (κ2) is 7.93. The predicted octanol–water partition coefficient (Wildman–Crippen LogP) is 2.77. The third-order valence-corrected chi connectivity index (χ3v) is 4.02. The summed E-state index contributed by atoms with van der Waals surface area (Å²) in [5.74, 6) is -1.87. The van der Waals surface area contributed by atoms with E-state index in [9.17, 15) is 14.4 Å². The highest BCUT2D eigenvalue weighted by Crippen LogP contribution is 2.25. The zero-order valence-electron chi connectivity index (χ0n) is 14.2. The van der Waals surface area contributed by atoms with Crippen molar-refractivity contribution in [3.05, 3.63) is 71.8 Å². The first-order valence-corrected chi connectivity index (χ1v) is 8.31. The largest absolute Gasteiger partial charge is 0.448 e. The Morgan fingerprint density at radius 3 is 1.88 bits per heavy atom. The van der Waals surface area contributed by atoms with Crippen LogP contribution in [0.2, 0.25) is 0 Å². The number of ether oxygens (including phenoxy) is 3. The van der Waals surface area contributed by atoms with E-state index < -0.39 is 36.2 Å². The van der Waals surface area contributed by atoms with Crippen molar-refractivity contribution >= 4 is 17.7 Å². The van der Waals surface area contributed by atoms with E-state index in [1.54, 1.807) is 67.6 Å². The van der Waals surface area contributed by atoms with Gasteiger partial charge < -0.3 is 14.2 Å². The van der Waals surface area contributed by atoms with Crippen molar-refractivity contribution in [3.8, 4) is 0 Å². The van der Waals surface area contributed by atoms with Gasteiger partial charge in [-0.1, -0.05) is 43.3 Å². The quantitative estimate of drug-likeness (QED) is 0.768. The molecule has 0 aliphatic carbocycles. The van der Waals surface area contributed by atoms with Gasteiger partial charge in [0.1, 0.15) is 6.10 Å². The van der Waals surface area contributed by atoms with Crippen molar-refractivity contribution in [1.82, 2.24) is 0 Å². The standard InChI is InChI=1S/C20H18O6/c1-2-15-17(25-18(22)13-9-5-3-6-10-13)16(21)20(24-15)26-19(23)14-11-7-4-8-12-14/h3-12,15,17,20H,2H2,1H3/t15-,17-,20-/m1/s1. The van der Waals surface area contributed by atoms with E-state index in [0.717, 1.165) is 0 Å². The number of hydrogen-bond acceptors (Lipinski definition) is 6. The number of Topliss-reactive ketones (excluding diaryl/α,β-unsaturated/α-hetero) is 1. The van der Waals surface area contributed by atoms with Gasteiger partial charge in [-0.15, -0.1) is 0 Å². The lowest BCUT2D eigenvalue weighted by molar-refractivity contribution is -0.145. The highest BCUT2D eigenvalue weighted by atomic mass is 16.7. The average molecular weight is 354 g/mol. The molecule has 0 radical (unpaired) electrons. The SMILES string of the molecule is CC[C@H]1O[C@H](OC(=O)c2ccccc2)C(=O)[C@@H]1OC(=O)c1ccccc1. The molecule has 1 aliphatic rings. The molecular formula is C20H18O6. The summed E-state index contributed by atoms with van der Waals surface area (Å²) in [6.07, 6.45) is -2.73. The van der Waals surface area contributed by atoms with Crippen molar-refractivity contribution in [1.29, 1.82) is 0 Å². The summed E-state index contributed by atoms with van der Waals surface area (Å²) in [5, 5.41) is 0. The number of rotatable bonds is 5. The van der Waals surface area contributed by atoms with Gasteiger partial charge >= 0.3 is 11.9 Å². The molecule has 0 bridgehead atoms. The molecule has 1 aliphatic heterocycles. The minimum Gasteiger partial charge on any atom is -0.448 e. The van der Waals surface area contributed by atoms with Crippen LogP contribution in [-0.4, -0.2) is 36.2 Å². The van der Waals surface area contributed by atoms with Crippen molar-refractivity contribution in [2.45, 2.75) is 31.8 Å². The van der Waals surface area contributed by atoms with E-state index in [1.165, 1.54) is 0 Å². The van der Waals surface area contributed by atoms with Crippen LogP contribution < -0.4 is 0 Å². The first-order valence-electron chi connectivity index (χ1n) is 8.31. The molecule has 134 valence electrons. The maximum Gasteiger partial charge on any atom is 0.340 e. The molecule has 6 heteroatoms. The first-order chi connectivity index (χ1) is 12.6. The Morgan fingerprint density at radius 1 is 0.885 bits per heavy atom. The van der Waals surface area contributed by atoms with E-state index in [2.05, 4.69) is 0 Å². The van der Waals surface area contributed by atoms with Crippen LogP contribution in [0.25, 0.3) is 0 Å². The van der Waals surface area contributed by atoms with E-state index in [1.807, 2.05) is 0 Å². The zero-order valence-corrected chi connectivity index (χ0v) is 14.2. The van der Waals surface area contributed by atoms with E-state index in [0.29, 0.717) is 17.5 Å². The minimum atomic E-state index is -1.39. The average Bonchev–Trinajstić information content (AvgIpc) is 2.98. The molecule has 2 aromatic carbocycles. The second-order valence-corrected chi connectivity index (χ2v) is 5.78. The van der Waals surface area contributed by atoms with Crippen LogP contribution in [0.15, 0.2) is 60.7 Å². The summed E-state index contributed by atoms with van der Waals surface area (Å²) in [5.41, 5.74) is 0.640. The monoisotopic (exact) mass is 354 g/mol. The van der Waals surface area contributed by atoms with Crippen LogP contribution in [-0.2, 0) is 19.0 Å². The molecule has 26 heavy (non-hydrogen) atoms. The lowest BCUT2D eigenvalue weighted by Crippen LogP contribution is -2.34. The summed E-state index contributed by atoms with van der Waals surface area (Å²) in [6, 6.07) is 16.6. The molecule has 6 nitrogen and oxygen atoms in total. The van der Waals surface area contributed by atoms with Gasteiger partial charge in [0.25, 0.3) is 6.29 Å². The Morgan fingerprint density at radius 2 is 1.38 bits per heavy atom. The van der Waals surface area contributed by atoms with E-state index in [-0.39, 0.29) is 0 Å². The zero-order chi connectivity index (χ0) is 18.5. The van der Waals surface area contributed by atoms with Crippen LogP contribution in [0.3, 0.4) is 0 Å². The first kappa shape index (κ1) is 17.8. The maximum absolute atomic E-state index is 12.5. The Labute approximate surface area is 150 Å². The highest BCUT2D eigenvalue weighted by Gasteiger charge is 2.47.